The third-order valence-electron chi connectivity index (χ3n) is 4.10. The van der Waals surface area contributed by atoms with Crippen LogP contribution in [-0.2, 0) is 16.0 Å². The minimum Gasteiger partial charge on any atom is -0.381 e. The van der Waals surface area contributed by atoms with Crippen LogP contribution >= 0.6 is 0 Å². The van der Waals surface area contributed by atoms with E-state index in [2.05, 4.69) is 21.5 Å². The molecule has 0 spiro atoms. The standard InChI is InChI=1S/C14H23N3O2/c1-16-7-13-6-15-11-17(13)14(8-16)10-19-9-12-2-4-18-5-3-12/h6,11-12,14H,2-5,7-10H2,1H3. The lowest BCUT2D eigenvalue weighted by Gasteiger charge is -2.32. The summed E-state index contributed by atoms with van der Waals surface area (Å²) in [6.07, 6.45) is 6.17. The van der Waals surface area contributed by atoms with E-state index in [0.717, 1.165) is 52.4 Å². The van der Waals surface area contributed by atoms with Crippen molar-refractivity contribution in [2.75, 3.05) is 40.0 Å². The normalized spacial score (nSPS) is 25.4. The van der Waals surface area contributed by atoms with Gasteiger partial charge in [-0.15, -0.1) is 0 Å². The van der Waals surface area contributed by atoms with Gasteiger partial charge in [0.05, 0.1) is 24.7 Å². The fourth-order valence-corrected chi connectivity index (χ4v) is 2.99. The van der Waals surface area contributed by atoms with Crippen molar-refractivity contribution in [2.24, 2.45) is 5.92 Å². The van der Waals surface area contributed by atoms with Crippen molar-refractivity contribution in [3.63, 3.8) is 0 Å². The first kappa shape index (κ1) is 13.1. The molecule has 1 aromatic rings. The van der Waals surface area contributed by atoms with Crippen molar-refractivity contribution in [3.05, 3.63) is 18.2 Å². The van der Waals surface area contributed by atoms with Gasteiger partial charge >= 0.3 is 0 Å². The number of likely N-dealkylation sites (N-methyl/N-ethyl adjacent to an activating group) is 1. The summed E-state index contributed by atoms with van der Waals surface area (Å²) in [5.41, 5.74) is 1.29. The number of hydrogen-bond donors (Lipinski definition) is 0. The van der Waals surface area contributed by atoms with Crippen molar-refractivity contribution in [1.82, 2.24) is 14.5 Å². The molecule has 0 N–H and O–H groups in total. The van der Waals surface area contributed by atoms with Gasteiger partial charge in [-0.3, -0.25) is 4.90 Å². The van der Waals surface area contributed by atoms with Crippen molar-refractivity contribution in [2.45, 2.75) is 25.4 Å². The lowest BCUT2D eigenvalue weighted by Crippen LogP contribution is -2.36. The van der Waals surface area contributed by atoms with Crippen LogP contribution in [0.4, 0.5) is 0 Å². The molecule has 0 radical (unpaired) electrons. The zero-order valence-corrected chi connectivity index (χ0v) is 11.6. The third kappa shape index (κ3) is 3.16. The molecule has 2 aliphatic heterocycles. The average Bonchev–Trinajstić information content (AvgIpc) is 2.88. The summed E-state index contributed by atoms with van der Waals surface area (Å²) in [5, 5.41) is 0. The lowest BCUT2D eigenvalue weighted by atomic mass is 10.0. The predicted octanol–water partition coefficient (Wildman–Crippen LogP) is 1.31. The Labute approximate surface area is 114 Å². The average molecular weight is 265 g/mol. The third-order valence-corrected chi connectivity index (χ3v) is 4.10. The molecule has 2 aliphatic rings. The van der Waals surface area contributed by atoms with Crippen molar-refractivity contribution < 1.29 is 9.47 Å². The minimum atomic E-state index is 0.399. The van der Waals surface area contributed by atoms with Gasteiger partial charge < -0.3 is 14.0 Å². The Morgan fingerprint density at radius 2 is 2.21 bits per heavy atom. The van der Waals surface area contributed by atoms with Crippen LogP contribution in [0.15, 0.2) is 12.5 Å². The molecule has 0 amide bonds. The van der Waals surface area contributed by atoms with Gasteiger partial charge in [0, 0.05) is 39.1 Å². The van der Waals surface area contributed by atoms with E-state index in [-0.39, 0.29) is 0 Å². The van der Waals surface area contributed by atoms with Gasteiger partial charge in [0.1, 0.15) is 0 Å². The van der Waals surface area contributed by atoms with Crippen molar-refractivity contribution >= 4 is 0 Å². The van der Waals surface area contributed by atoms with Gasteiger partial charge in [-0.25, -0.2) is 4.98 Å². The number of fused-ring (bicyclic) bond motifs is 1. The van der Waals surface area contributed by atoms with Crippen LogP contribution in [0, 0.1) is 5.92 Å². The van der Waals surface area contributed by atoms with Crippen LogP contribution in [0.1, 0.15) is 24.6 Å². The van der Waals surface area contributed by atoms with Gasteiger partial charge in [0.2, 0.25) is 0 Å². The van der Waals surface area contributed by atoms with Crippen LogP contribution in [0.5, 0.6) is 0 Å². The Hall–Kier alpha value is -0.910. The molecule has 3 heterocycles. The topological polar surface area (TPSA) is 39.5 Å². The van der Waals surface area contributed by atoms with E-state index in [1.165, 1.54) is 5.69 Å². The Morgan fingerprint density at radius 1 is 1.37 bits per heavy atom. The second-order valence-electron chi connectivity index (χ2n) is 5.74. The van der Waals surface area contributed by atoms with Gasteiger partial charge in [-0.1, -0.05) is 0 Å². The maximum absolute atomic E-state index is 5.96. The fourth-order valence-electron chi connectivity index (χ4n) is 2.99. The SMILES string of the molecule is CN1Cc2cncn2C(COCC2CCOCC2)C1. The molecule has 3 rings (SSSR count). The molecule has 0 aromatic carbocycles. The molecule has 106 valence electrons. The minimum absolute atomic E-state index is 0.399. The van der Waals surface area contributed by atoms with E-state index in [1.807, 2.05) is 12.5 Å². The molecule has 1 saturated heterocycles. The molecule has 0 saturated carbocycles. The van der Waals surface area contributed by atoms with Crippen LogP contribution in [-0.4, -0.2) is 54.5 Å². The molecule has 5 nitrogen and oxygen atoms in total. The predicted molar refractivity (Wildman–Crippen MR) is 72.0 cm³/mol. The maximum Gasteiger partial charge on any atom is 0.0952 e. The van der Waals surface area contributed by atoms with E-state index >= 15 is 0 Å². The molecule has 0 bridgehead atoms. The van der Waals surface area contributed by atoms with Crippen LogP contribution in [0.2, 0.25) is 0 Å². The summed E-state index contributed by atoms with van der Waals surface area (Å²) in [7, 11) is 2.15. The molecular formula is C14H23N3O2. The zero-order chi connectivity index (χ0) is 13.1. The fraction of sp³-hybridized carbons (Fsp3) is 0.786. The smallest absolute Gasteiger partial charge is 0.0952 e. The number of nitrogens with zero attached hydrogens (tertiary/aromatic N) is 3. The molecule has 1 unspecified atom stereocenters. The molecule has 19 heavy (non-hydrogen) atoms. The number of rotatable bonds is 4. The molecule has 1 fully saturated rings. The number of imidazole rings is 1. The second-order valence-corrected chi connectivity index (χ2v) is 5.74. The van der Waals surface area contributed by atoms with Crippen LogP contribution in [0.3, 0.4) is 0 Å². The van der Waals surface area contributed by atoms with Crippen LogP contribution < -0.4 is 0 Å². The van der Waals surface area contributed by atoms with Gasteiger partial charge in [0.25, 0.3) is 0 Å². The first-order valence-electron chi connectivity index (χ1n) is 7.17. The highest BCUT2D eigenvalue weighted by Gasteiger charge is 2.23. The van der Waals surface area contributed by atoms with Gasteiger partial charge in [-0.05, 0) is 25.8 Å². The van der Waals surface area contributed by atoms with Crippen LogP contribution in [0.25, 0.3) is 0 Å². The first-order valence-corrected chi connectivity index (χ1v) is 7.17. The highest BCUT2D eigenvalue weighted by molar-refractivity contribution is 5.03. The van der Waals surface area contributed by atoms with E-state index in [4.69, 9.17) is 9.47 Å². The van der Waals surface area contributed by atoms with E-state index < -0.39 is 0 Å². The molecule has 1 atom stereocenters. The summed E-state index contributed by atoms with van der Waals surface area (Å²) >= 11 is 0. The highest BCUT2D eigenvalue weighted by Crippen LogP contribution is 2.21. The lowest BCUT2D eigenvalue weighted by molar-refractivity contribution is 0.00707. The van der Waals surface area contributed by atoms with E-state index in [1.54, 1.807) is 0 Å². The Balaban J connectivity index is 1.50. The maximum atomic E-state index is 5.96. The first-order chi connectivity index (χ1) is 9.33. The largest absolute Gasteiger partial charge is 0.381 e. The second kappa shape index (κ2) is 6.03. The van der Waals surface area contributed by atoms with Crippen molar-refractivity contribution in [3.8, 4) is 0 Å². The van der Waals surface area contributed by atoms with Crippen molar-refractivity contribution in [1.29, 1.82) is 0 Å². The zero-order valence-electron chi connectivity index (χ0n) is 11.6. The molecule has 5 heteroatoms. The summed E-state index contributed by atoms with van der Waals surface area (Å²) in [6.45, 7) is 5.46. The Kier molecular flexibility index (Phi) is 4.15. The van der Waals surface area contributed by atoms with E-state index in [9.17, 15) is 0 Å². The number of aromatic nitrogens is 2. The quantitative estimate of drug-likeness (QED) is 0.823. The molecular weight excluding hydrogens is 242 g/mol. The summed E-state index contributed by atoms with van der Waals surface area (Å²) in [5.74, 6) is 0.678. The summed E-state index contributed by atoms with van der Waals surface area (Å²) in [6, 6.07) is 0.399. The monoisotopic (exact) mass is 265 g/mol. The molecule has 1 aromatic heterocycles. The Bertz CT molecular complexity index is 401. The summed E-state index contributed by atoms with van der Waals surface area (Å²) < 4.78 is 13.6. The number of hydrogen-bond acceptors (Lipinski definition) is 4. The van der Waals surface area contributed by atoms with Gasteiger partial charge in [0.15, 0.2) is 0 Å². The highest BCUT2D eigenvalue weighted by atomic mass is 16.5. The molecule has 0 aliphatic carbocycles. The van der Waals surface area contributed by atoms with E-state index in [0.29, 0.717) is 12.0 Å². The summed E-state index contributed by atoms with van der Waals surface area (Å²) in [4.78, 5) is 6.58. The Morgan fingerprint density at radius 3 is 3.05 bits per heavy atom. The van der Waals surface area contributed by atoms with Gasteiger partial charge in [-0.2, -0.15) is 0 Å². The number of ether oxygens (including phenoxy) is 2.